The molecule has 0 saturated heterocycles. The fraction of sp³-hybridized carbons (Fsp3) is 0. The molecule has 3 rings (SSSR count). The number of pyridine rings is 1. The molecule has 0 aliphatic carbocycles. The Kier molecular flexibility index (Phi) is 2.22. The number of benzene rings is 1. The average Bonchev–Trinajstić information content (AvgIpc) is 2.72. The van der Waals surface area contributed by atoms with Crippen LogP contribution in [0, 0.1) is 0 Å². The van der Waals surface area contributed by atoms with E-state index in [1.54, 1.807) is 0 Å². The number of halogens is 1. The lowest BCUT2D eigenvalue weighted by atomic mass is 10.1. The number of aromatic nitrogens is 3. The second kappa shape index (κ2) is 3.72. The van der Waals surface area contributed by atoms with Crippen molar-refractivity contribution in [1.29, 1.82) is 0 Å². The Morgan fingerprint density at radius 3 is 2.69 bits per heavy atom. The minimum Gasteiger partial charge on any atom is -0.260 e. The Bertz CT molecular complexity index is 631. The molecule has 3 nitrogen and oxygen atoms in total. The van der Waals surface area contributed by atoms with Gasteiger partial charge in [0.05, 0.1) is 5.39 Å². The molecule has 0 radical (unpaired) electrons. The van der Waals surface area contributed by atoms with E-state index in [2.05, 4.69) is 49.3 Å². The van der Waals surface area contributed by atoms with Crippen LogP contribution in [0.1, 0.15) is 0 Å². The molecule has 2 heterocycles. The van der Waals surface area contributed by atoms with Crippen LogP contribution >= 0.6 is 15.9 Å². The van der Waals surface area contributed by atoms with Crippen molar-refractivity contribution < 1.29 is 0 Å². The van der Waals surface area contributed by atoms with Crippen LogP contribution in [0.4, 0.5) is 0 Å². The lowest BCUT2D eigenvalue weighted by molar-refractivity contribution is 1.08. The lowest BCUT2D eigenvalue weighted by Gasteiger charge is -2.00. The largest absolute Gasteiger partial charge is 0.260 e. The van der Waals surface area contributed by atoms with E-state index in [0.29, 0.717) is 0 Å². The summed E-state index contributed by atoms with van der Waals surface area (Å²) in [6.45, 7) is 0. The first kappa shape index (κ1) is 9.54. The summed E-state index contributed by atoms with van der Waals surface area (Å²) in [5.74, 6) is 0. The summed E-state index contributed by atoms with van der Waals surface area (Å²) in [6.07, 6.45) is 1.85. The molecule has 1 aromatic carbocycles. The molecule has 0 saturated carbocycles. The van der Waals surface area contributed by atoms with E-state index < -0.39 is 0 Å². The van der Waals surface area contributed by atoms with Gasteiger partial charge < -0.3 is 0 Å². The molecule has 0 aliphatic heterocycles. The maximum absolute atomic E-state index is 4.33. The van der Waals surface area contributed by atoms with Gasteiger partial charge in [-0.25, -0.2) is 4.98 Å². The van der Waals surface area contributed by atoms with Crippen LogP contribution in [0.15, 0.2) is 47.2 Å². The fourth-order valence-corrected chi connectivity index (χ4v) is 2.05. The highest BCUT2D eigenvalue weighted by Gasteiger charge is 2.05. The number of rotatable bonds is 1. The average molecular weight is 274 g/mol. The van der Waals surface area contributed by atoms with Gasteiger partial charge in [-0.1, -0.05) is 30.3 Å². The first-order chi connectivity index (χ1) is 7.84. The molecular weight excluding hydrogens is 266 g/mol. The lowest BCUT2D eigenvalue weighted by Crippen LogP contribution is -1.81. The highest BCUT2D eigenvalue weighted by Crippen LogP contribution is 2.25. The summed E-state index contributed by atoms with van der Waals surface area (Å²) in [5, 5.41) is 7.92. The number of aromatic amines is 1. The molecular formula is C12H8BrN3. The third kappa shape index (κ3) is 1.51. The van der Waals surface area contributed by atoms with Crippen molar-refractivity contribution >= 4 is 27.0 Å². The van der Waals surface area contributed by atoms with E-state index in [1.165, 1.54) is 0 Å². The van der Waals surface area contributed by atoms with Crippen LogP contribution in [-0.4, -0.2) is 15.2 Å². The van der Waals surface area contributed by atoms with Crippen LogP contribution in [0.5, 0.6) is 0 Å². The molecule has 0 amide bonds. The second-order valence-electron chi connectivity index (χ2n) is 3.50. The zero-order chi connectivity index (χ0) is 11.0. The van der Waals surface area contributed by atoms with Crippen molar-refractivity contribution in [1.82, 2.24) is 15.2 Å². The summed E-state index contributed by atoms with van der Waals surface area (Å²) in [7, 11) is 0. The van der Waals surface area contributed by atoms with Crippen molar-refractivity contribution in [2.24, 2.45) is 0 Å². The topological polar surface area (TPSA) is 41.6 Å². The minimum atomic E-state index is 0.798. The van der Waals surface area contributed by atoms with Crippen LogP contribution in [0.3, 0.4) is 0 Å². The van der Waals surface area contributed by atoms with E-state index >= 15 is 0 Å². The standard InChI is InChI=1S/C12H8BrN3/c13-11-10-6-9(7-14-12(10)16-15-11)8-4-2-1-3-5-8/h1-7H,(H,14,15,16). The molecule has 0 unspecified atom stereocenters. The summed E-state index contributed by atoms with van der Waals surface area (Å²) in [5.41, 5.74) is 3.05. The number of nitrogens with zero attached hydrogens (tertiary/aromatic N) is 2. The Morgan fingerprint density at radius 1 is 1.06 bits per heavy atom. The summed E-state index contributed by atoms with van der Waals surface area (Å²) < 4.78 is 0.799. The normalized spacial score (nSPS) is 10.8. The quantitative estimate of drug-likeness (QED) is 0.739. The van der Waals surface area contributed by atoms with E-state index in [0.717, 1.165) is 26.8 Å². The molecule has 0 fully saturated rings. The van der Waals surface area contributed by atoms with E-state index in [-0.39, 0.29) is 0 Å². The predicted molar refractivity (Wildman–Crippen MR) is 67.0 cm³/mol. The zero-order valence-electron chi connectivity index (χ0n) is 8.31. The highest BCUT2D eigenvalue weighted by molar-refractivity contribution is 9.10. The van der Waals surface area contributed by atoms with Gasteiger partial charge in [0.25, 0.3) is 0 Å². The maximum atomic E-state index is 4.33. The Morgan fingerprint density at radius 2 is 1.88 bits per heavy atom. The predicted octanol–water partition coefficient (Wildman–Crippen LogP) is 3.39. The monoisotopic (exact) mass is 273 g/mol. The molecule has 16 heavy (non-hydrogen) atoms. The molecule has 0 spiro atoms. The van der Waals surface area contributed by atoms with Crippen LogP contribution < -0.4 is 0 Å². The van der Waals surface area contributed by atoms with Crippen molar-refractivity contribution in [2.45, 2.75) is 0 Å². The van der Waals surface area contributed by atoms with Crippen molar-refractivity contribution in [3.8, 4) is 11.1 Å². The number of nitrogens with one attached hydrogen (secondary N) is 1. The highest BCUT2D eigenvalue weighted by atomic mass is 79.9. The fourth-order valence-electron chi connectivity index (χ4n) is 1.66. The zero-order valence-corrected chi connectivity index (χ0v) is 9.90. The van der Waals surface area contributed by atoms with Crippen molar-refractivity contribution in [3.05, 3.63) is 47.2 Å². The Balaban J connectivity index is 2.22. The third-order valence-corrected chi connectivity index (χ3v) is 3.08. The van der Waals surface area contributed by atoms with Crippen LogP contribution in [-0.2, 0) is 0 Å². The van der Waals surface area contributed by atoms with E-state index in [9.17, 15) is 0 Å². The van der Waals surface area contributed by atoms with Crippen LogP contribution in [0.25, 0.3) is 22.2 Å². The van der Waals surface area contributed by atoms with Gasteiger partial charge in [-0.3, -0.25) is 5.10 Å². The van der Waals surface area contributed by atoms with Gasteiger partial charge in [-0.15, -0.1) is 0 Å². The van der Waals surface area contributed by atoms with E-state index in [1.807, 2.05) is 24.4 Å². The molecule has 78 valence electrons. The molecule has 0 aliphatic rings. The maximum Gasteiger partial charge on any atom is 0.156 e. The number of hydrogen-bond donors (Lipinski definition) is 1. The summed E-state index contributed by atoms with van der Waals surface area (Å²) in [4.78, 5) is 4.33. The Labute approximate surface area is 101 Å². The number of hydrogen-bond acceptors (Lipinski definition) is 2. The van der Waals surface area contributed by atoms with Gasteiger partial charge >= 0.3 is 0 Å². The Hall–Kier alpha value is -1.68. The first-order valence-corrected chi connectivity index (χ1v) is 5.69. The van der Waals surface area contributed by atoms with Gasteiger partial charge in [0.15, 0.2) is 5.65 Å². The molecule has 4 heteroatoms. The van der Waals surface area contributed by atoms with E-state index in [4.69, 9.17) is 0 Å². The van der Waals surface area contributed by atoms with Gasteiger partial charge in [0.2, 0.25) is 0 Å². The molecule has 3 aromatic rings. The van der Waals surface area contributed by atoms with Crippen molar-refractivity contribution in [2.75, 3.05) is 0 Å². The summed E-state index contributed by atoms with van der Waals surface area (Å²) >= 11 is 3.39. The first-order valence-electron chi connectivity index (χ1n) is 4.89. The molecule has 0 atom stereocenters. The molecule has 1 N–H and O–H groups in total. The number of H-pyrrole nitrogens is 1. The minimum absolute atomic E-state index is 0.798. The molecule has 2 aromatic heterocycles. The SMILES string of the molecule is Brc1n[nH]c2ncc(-c3ccccc3)cc12. The van der Waals surface area contributed by atoms with Crippen molar-refractivity contribution in [3.63, 3.8) is 0 Å². The smallest absolute Gasteiger partial charge is 0.156 e. The van der Waals surface area contributed by atoms with Crippen LogP contribution in [0.2, 0.25) is 0 Å². The van der Waals surface area contributed by atoms with Gasteiger partial charge in [0, 0.05) is 11.8 Å². The summed E-state index contributed by atoms with van der Waals surface area (Å²) in [6, 6.07) is 12.2. The van der Waals surface area contributed by atoms with Gasteiger partial charge in [0.1, 0.15) is 4.60 Å². The second-order valence-corrected chi connectivity index (χ2v) is 4.25. The van der Waals surface area contributed by atoms with Gasteiger partial charge in [-0.2, -0.15) is 5.10 Å². The number of fused-ring (bicyclic) bond motifs is 1. The molecule has 0 bridgehead atoms. The third-order valence-electron chi connectivity index (χ3n) is 2.48. The van der Waals surface area contributed by atoms with Gasteiger partial charge in [-0.05, 0) is 27.6 Å².